The van der Waals surface area contributed by atoms with E-state index in [0.29, 0.717) is 6.16 Å². The van der Waals surface area contributed by atoms with Crippen LogP contribution >= 0.6 is 8.03 Å². The molecule has 0 aliphatic carbocycles. The van der Waals surface area contributed by atoms with E-state index in [4.69, 9.17) is 4.52 Å². The molecular weight excluding hydrogens is 135 g/mol. The summed E-state index contributed by atoms with van der Waals surface area (Å²) in [6, 6.07) is 0. The second-order valence-corrected chi connectivity index (χ2v) is 3.53. The van der Waals surface area contributed by atoms with Gasteiger partial charge in [0.05, 0.1) is 0 Å². The molecular formula is C6H14O2P+. The van der Waals surface area contributed by atoms with Gasteiger partial charge < -0.3 is 0 Å². The summed E-state index contributed by atoms with van der Waals surface area (Å²) in [6.07, 6.45) is 1.72. The van der Waals surface area contributed by atoms with Gasteiger partial charge in [-0.15, -0.1) is 4.52 Å². The van der Waals surface area contributed by atoms with Gasteiger partial charge in [-0.1, -0.05) is 6.92 Å². The van der Waals surface area contributed by atoms with Crippen molar-refractivity contribution in [3.63, 3.8) is 0 Å². The van der Waals surface area contributed by atoms with Crippen molar-refractivity contribution in [2.24, 2.45) is 0 Å². The van der Waals surface area contributed by atoms with E-state index in [1.807, 2.05) is 20.8 Å². The number of hydrogen-bond acceptors (Lipinski definition) is 2. The van der Waals surface area contributed by atoms with Crippen molar-refractivity contribution in [3.8, 4) is 0 Å². The minimum atomic E-state index is -1.37. The Morgan fingerprint density at radius 2 is 2.11 bits per heavy atom. The second kappa shape index (κ2) is 4.89. The van der Waals surface area contributed by atoms with Crippen LogP contribution in [0.15, 0.2) is 0 Å². The third-order valence-corrected chi connectivity index (χ3v) is 2.20. The summed E-state index contributed by atoms with van der Waals surface area (Å²) in [6.45, 7) is 5.78. The summed E-state index contributed by atoms with van der Waals surface area (Å²) in [5, 5.41) is 0. The molecule has 0 saturated heterocycles. The first-order chi connectivity index (χ1) is 4.16. The molecule has 0 fully saturated rings. The highest BCUT2D eigenvalue weighted by atomic mass is 31.1. The van der Waals surface area contributed by atoms with E-state index in [0.717, 1.165) is 6.42 Å². The Balaban J connectivity index is 3.27. The largest absolute Gasteiger partial charge is 0.508 e. The van der Waals surface area contributed by atoms with Gasteiger partial charge in [-0.3, -0.25) is 0 Å². The first-order valence-corrected chi connectivity index (χ1v) is 4.64. The maximum atomic E-state index is 10.8. The van der Waals surface area contributed by atoms with Crippen molar-refractivity contribution in [1.29, 1.82) is 0 Å². The fourth-order valence-corrected chi connectivity index (χ4v) is 1.41. The van der Waals surface area contributed by atoms with Crippen molar-refractivity contribution in [2.75, 3.05) is 6.16 Å². The molecule has 0 amide bonds. The predicted molar refractivity (Wildman–Crippen MR) is 39.0 cm³/mol. The third-order valence-electron chi connectivity index (χ3n) is 0.735. The molecule has 1 unspecified atom stereocenters. The van der Waals surface area contributed by atoms with Gasteiger partial charge in [0.2, 0.25) is 0 Å². The lowest BCUT2D eigenvalue weighted by molar-refractivity contribution is 0.256. The average Bonchev–Trinajstić information content (AvgIpc) is 1.63. The molecule has 9 heavy (non-hydrogen) atoms. The molecule has 0 saturated carbocycles. The van der Waals surface area contributed by atoms with Crippen LogP contribution in [-0.2, 0) is 9.09 Å². The fourth-order valence-electron chi connectivity index (χ4n) is 0.470. The Morgan fingerprint density at radius 1 is 1.56 bits per heavy atom. The minimum absolute atomic E-state index is 0.0974. The molecule has 0 aromatic carbocycles. The molecule has 0 spiro atoms. The molecule has 0 heterocycles. The van der Waals surface area contributed by atoms with Gasteiger partial charge in [0.25, 0.3) is 0 Å². The Kier molecular flexibility index (Phi) is 4.93. The van der Waals surface area contributed by atoms with Gasteiger partial charge in [-0.2, -0.15) is 0 Å². The Hall–Kier alpha value is 0.0600. The van der Waals surface area contributed by atoms with Gasteiger partial charge >= 0.3 is 8.03 Å². The lowest BCUT2D eigenvalue weighted by Crippen LogP contribution is -1.95. The normalized spacial score (nSPS) is 12.2. The quantitative estimate of drug-likeness (QED) is 0.574. The summed E-state index contributed by atoms with van der Waals surface area (Å²) in [5.41, 5.74) is 0. The third kappa shape index (κ3) is 5.94. The zero-order valence-corrected chi connectivity index (χ0v) is 7.15. The van der Waals surface area contributed by atoms with Crippen molar-refractivity contribution in [3.05, 3.63) is 0 Å². The van der Waals surface area contributed by atoms with E-state index < -0.39 is 8.03 Å². The van der Waals surface area contributed by atoms with E-state index >= 15 is 0 Å². The molecule has 0 N–H and O–H groups in total. The Morgan fingerprint density at radius 3 is 2.44 bits per heavy atom. The van der Waals surface area contributed by atoms with Crippen molar-refractivity contribution < 1.29 is 9.09 Å². The molecule has 0 radical (unpaired) electrons. The number of rotatable bonds is 4. The average molecular weight is 149 g/mol. The SMILES string of the molecule is CCC[P+](=O)OC(C)C. The molecule has 0 rings (SSSR count). The van der Waals surface area contributed by atoms with Gasteiger partial charge in [0.15, 0.2) is 6.16 Å². The summed E-state index contributed by atoms with van der Waals surface area (Å²) in [7, 11) is -1.37. The summed E-state index contributed by atoms with van der Waals surface area (Å²) in [4.78, 5) is 0. The van der Waals surface area contributed by atoms with Crippen LogP contribution < -0.4 is 0 Å². The monoisotopic (exact) mass is 149 g/mol. The maximum Gasteiger partial charge on any atom is 0.508 e. The fraction of sp³-hybridized carbons (Fsp3) is 1.00. The van der Waals surface area contributed by atoms with Crippen LogP contribution in [0, 0.1) is 0 Å². The van der Waals surface area contributed by atoms with E-state index in [-0.39, 0.29) is 6.10 Å². The van der Waals surface area contributed by atoms with Crippen LogP contribution in [0.4, 0.5) is 0 Å². The molecule has 1 atom stereocenters. The lowest BCUT2D eigenvalue weighted by atomic mass is 10.5. The zero-order valence-electron chi connectivity index (χ0n) is 6.26. The van der Waals surface area contributed by atoms with Gasteiger partial charge in [-0.25, -0.2) is 0 Å². The molecule has 0 aromatic rings. The zero-order chi connectivity index (χ0) is 7.28. The van der Waals surface area contributed by atoms with Gasteiger partial charge in [0.1, 0.15) is 6.10 Å². The molecule has 0 aliphatic heterocycles. The highest BCUT2D eigenvalue weighted by molar-refractivity contribution is 7.39. The van der Waals surface area contributed by atoms with Crippen molar-refractivity contribution in [2.45, 2.75) is 33.3 Å². The lowest BCUT2D eigenvalue weighted by Gasteiger charge is -1.91. The summed E-state index contributed by atoms with van der Waals surface area (Å²) >= 11 is 0. The molecule has 2 nitrogen and oxygen atoms in total. The van der Waals surface area contributed by atoms with Crippen molar-refractivity contribution >= 4 is 8.03 Å². The second-order valence-electron chi connectivity index (χ2n) is 2.21. The number of hydrogen-bond donors (Lipinski definition) is 0. The van der Waals surface area contributed by atoms with Crippen LogP contribution in [0.5, 0.6) is 0 Å². The first kappa shape index (κ1) is 9.06. The molecule has 54 valence electrons. The van der Waals surface area contributed by atoms with Crippen LogP contribution in [0.25, 0.3) is 0 Å². The van der Waals surface area contributed by atoms with Crippen LogP contribution in [0.3, 0.4) is 0 Å². The maximum absolute atomic E-state index is 10.8. The van der Waals surface area contributed by atoms with Crippen molar-refractivity contribution in [1.82, 2.24) is 0 Å². The van der Waals surface area contributed by atoms with E-state index in [9.17, 15) is 4.57 Å². The Bertz CT molecular complexity index is 91.1. The van der Waals surface area contributed by atoms with E-state index in [1.165, 1.54) is 0 Å². The van der Waals surface area contributed by atoms with E-state index in [1.54, 1.807) is 0 Å². The molecule has 0 aliphatic rings. The summed E-state index contributed by atoms with van der Waals surface area (Å²) < 4.78 is 15.8. The van der Waals surface area contributed by atoms with E-state index in [2.05, 4.69) is 0 Å². The molecule has 3 heteroatoms. The predicted octanol–water partition coefficient (Wildman–Crippen LogP) is 2.56. The topological polar surface area (TPSA) is 26.3 Å². The van der Waals surface area contributed by atoms with Crippen LogP contribution in [0.2, 0.25) is 0 Å². The molecule has 0 bridgehead atoms. The molecule has 0 aromatic heterocycles. The van der Waals surface area contributed by atoms with Gasteiger partial charge in [0, 0.05) is 0 Å². The van der Waals surface area contributed by atoms with Crippen LogP contribution in [-0.4, -0.2) is 12.3 Å². The summed E-state index contributed by atoms with van der Waals surface area (Å²) in [5.74, 6) is 0. The highest BCUT2D eigenvalue weighted by Crippen LogP contribution is 2.24. The Labute approximate surface area is 57.5 Å². The smallest absolute Gasteiger partial charge is 0.144 e. The first-order valence-electron chi connectivity index (χ1n) is 3.28. The van der Waals surface area contributed by atoms with Gasteiger partial charge in [-0.05, 0) is 24.8 Å². The van der Waals surface area contributed by atoms with Crippen LogP contribution in [0.1, 0.15) is 27.2 Å². The highest BCUT2D eigenvalue weighted by Gasteiger charge is 2.16. The minimum Gasteiger partial charge on any atom is -0.144 e. The standard InChI is InChI=1S/C6H14O2P/c1-4-5-9(7)8-6(2)3/h6H,4-5H2,1-3H3/q+1.